The lowest BCUT2D eigenvalue weighted by molar-refractivity contribution is -0.144. The molecular formula is C7H9NO3. The van der Waals surface area contributed by atoms with Crippen LogP contribution in [0.1, 0.15) is 12.8 Å². The monoisotopic (exact) mass is 155 g/mol. The molecule has 0 aromatic rings. The number of carboxylic acids is 1. The Morgan fingerprint density at radius 1 is 1.82 bits per heavy atom. The third-order valence-corrected chi connectivity index (χ3v) is 1.74. The summed E-state index contributed by atoms with van der Waals surface area (Å²) in [6, 6.07) is -0.694. The van der Waals surface area contributed by atoms with E-state index in [1.807, 2.05) is 0 Å². The molecule has 0 aromatic carbocycles. The lowest BCUT2D eigenvalue weighted by Gasteiger charge is -2.15. The highest BCUT2D eigenvalue weighted by molar-refractivity contribution is 5.88. The van der Waals surface area contributed by atoms with Crippen LogP contribution < -0.4 is 0 Å². The molecule has 1 atom stereocenters. The summed E-state index contributed by atoms with van der Waals surface area (Å²) in [5, 5.41) is 8.59. The van der Waals surface area contributed by atoms with Crippen LogP contribution in [-0.4, -0.2) is 27.9 Å². The highest BCUT2D eigenvalue weighted by Gasteiger charge is 2.33. The molecular weight excluding hydrogens is 146 g/mol. The average Bonchev–Trinajstić information content (AvgIpc) is 2.30. The summed E-state index contributed by atoms with van der Waals surface area (Å²) in [5.74, 6) is -1.12. The average molecular weight is 155 g/mol. The van der Waals surface area contributed by atoms with Gasteiger partial charge in [-0.1, -0.05) is 6.58 Å². The van der Waals surface area contributed by atoms with E-state index in [1.165, 1.54) is 11.1 Å². The van der Waals surface area contributed by atoms with Crippen molar-refractivity contribution >= 4 is 11.9 Å². The lowest BCUT2D eigenvalue weighted by atomic mass is 10.2. The molecule has 1 aliphatic heterocycles. The van der Waals surface area contributed by atoms with E-state index in [0.29, 0.717) is 12.8 Å². The molecule has 0 aliphatic carbocycles. The summed E-state index contributed by atoms with van der Waals surface area (Å²) in [4.78, 5) is 22.6. The van der Waals surface area contributed by atoms with Gasteiger partial charge in [-0.05, 0) is 6.42 Å². The second kappa shape index (κ2) is 2.74. The maximum Gasteiger partial charge on any atom is 0.326 e. The van der Waals surface area contributed by atoms with Crippen LogP contribution in [0, 0.1) is 0 Å². The summed E-state index contributed by atoms with van der Waals surface area (Å²) in [5.41, 5.74) is 0. The van der Waals surface area contributed by atoms with E-state index in [9.17, 15) is 9.59 Å². The standard InChI is InChI=1S/C7H9NO3/c1-2-8-5(7(10)11)3-4-6(8)9/h2,5H,1,3-4H2,(H,10,11). The van der Waals surface area contributed by atoms with Crippen LogP contribution >= 0.6 is 0 Å². The number of carbonyl (C=O) groups excluding carboxylic acids is 1. The molecule has 1 amide bonds. The predicted molar refractivity (Wildman–Crippen MR) is 37.7 cm³/mol. The first-order valence-corrected chi connectivity index (χ1v) is 3.33. The zero-order valence-corrected chi connectivity index (χ0v) is 5.99. The van der Waals surface area contributed by atoms with Gasteiger partial charge in [0.25, 0.3) is 0 Å². The lowest BCUT2D eigenvalue weighted by Crippen LogP contribution is -2.33. The number of carboxylic acid groups (broad SMARTS) is 1. The van der Waals surface area contributed by atoms with E-state index in [0.717, 1.165) is 0 Å². The molecule has 60 valence electrons. The molecule has 1 rings (SSSR count). The van der Waals surface area contributed by atoms with Crippen LogP contribution in [0.5, 0.6) is 0 Å². The molecule has 0 spiro atoms. The summed E-state index contributed by atoms with van der Waals surface area (Å²) in [7, 11) is 0. The van der Waals surface area contributed by atoms with Gasteiger partial charge in [0.15, 0.2) is 0 Å². The van der Waals surface area contributed by atoms with Gasteiger partial charge in [-0.25, -0.2) is 4.79 Å². The fraction of sp³-hybridized carbons (Fsp3) is 0.429. The zero-order chi connectivity index (χ0) is 8.43. The molecule has 11 heavy (non-hydrogen) atoms. The number of likely N-dealkylation sites (tertiary alicyclic amines) is 1. The second-order valence-corrected chi connectivity index (χ2v) is 2.38. The number of aliphatic carboxylic acids is 1. The van der Waals surface area contributed by atoms with Gasteiger partial charge in [-0.15, -0.1) is 0 Å². The Morgan fingerprint density at radius 3 is 2.82 bits per heavy atom. The fourth-order valence-corrected chi connectivity index (χ4v) is 1.17. The van der Waals surface area contributed by atoms with Crippen molar-refractivity contribution in [1.82, 2.24) is 4.90 Å². The molecule has 1 aliphatic rings. The first-order chi connectivity index (χ1) is 5.16. The second-order valence-electron chi connectivity index (χ2n) is 2.38. The number of nitrogens with zero attached hydrogens (tertiary/aromatic N) is 1. The van der Waals surface area contributed by atoms with E-state index >= 15 is 0 Å². The van der Waals surface area contributed by atoms with Crippen LogP contribution in [-0.2, 0) is 9.59 Å². The summed E-state index contributed by atoms with van der Waals surface area (Å²) in [6.07, 6.45) is 1.97. The van der Waals surface area contributed by atoms with E-state index in [4.69, 9.17) is 5.11 Å². The number of amides is 1. The quantitative estimate of drug-likeness (QED) is 0.620. The van der Waals surface area contributed by atoms with Gasteiger partial charge in [0, 0.05) is 12.6 Å². The topological polar surface area (TPSA) is 57.6 Å². The highest BCUT2D eigenvalue weighted by atomic mass is 16.4. The Morgan fingerprint density at radius 2 is 2.45 bits per heavy atom. The van der Waals surface area contributed by atoms with E-state index in [-0.39, 0.29) is 5.91 Å². The minimum Gasteiger partial charge on any atom is -0.480 e. The molecule has 1 saturated heterocycles. The van der Waals surface area contributed by atoms with Crippen molar-refractivity contribution in [2.75, 3.05) is 0 Å². The SMILES string of the molecule is C=CN1C(=O)CCC1C(=O)O. The Balaban J connectivity index is 2.76. The van der Waals surface area contributed by atoms with Crippen molar-refractivity contribution in [1.29, 1.82) is 0 Å². The van der Waals surface area contributed by atoms with Crippen LogP contribution in [0.4, 0.5) is 0 Å². The van der Waals surface area contributed by atoms with E-state index in [2.05, 4.69) is 6.58 Å². The van der Waals surface area contributed by atoms with Gasteiger partial charge in [0.05, 0.1) is 0 Å². The van der Waals surface area contributed by atoms with Gasteiger partial charge >= 0.3 is 5.97 Å². The van der Waals surface area contributed by atoms with Crippen molar-refractivity contribution in [3.63, 3.8) is 0 Å². The summed E-state index contributed by atoms with van der Waals surface area (Å²) >= 11 is 0. The van der Waals surface area contributed by atoms with Gasteiger partial charge in [0.2, 0.25) is 5.91 Å². The van der Waals surface area contributed by atoms with Crippen LogP contribution in [0.3, 0.4) is 0 Å². The van der Waals surface area contributed by atoms with Crippen LogP contribution in [0.15, 0.2) is 12.8 Å². The van der Waals surface area contributed by atoms with Crippen molar-refractivity contribution in [3.8, 4) is 0 Å². The first kappa shape index (κ1) is 7.78. The Hall–Kier alpha value is -1.32. The van der Waals surface area contributed by atoms with Crippen LogP contribution in [0.25, 0.3) is 0 Å². The minimum atomic E-state index is -0.962. The smallest absolute Gasteiger partial charge is 0.326 e. The molecule has 0 aromatic heterocycles. The van der Waals surface area contributed by atoms with Gasteiger partial charge < -0.3 is 10.0 Å². The van der Waals surface area contributed by atoms with Crippen LogP contribution in [0.2, 0.25) is 0 Å². The minimum absolute atomic E-state index is 0.160. The maximum absolute atomic E-state index is 10.9. The largest absolute Gasteiger partial charge is 0.480 e. The Labute approximate surface area is 64.1 Å². The number of hydrogen-bond donors (Lipinski definition) is 1. The molecule has 1 N–H and O–H groups in total. The molecule has 0 saturated carbocycles. The highest BCUT2D eigenvalue weighted by Crippen LogP contribution is 2.18. The van der Waals surface area contributed by atoms with Crippen molar-refractivity contribution in [2.45, 2.75) is 18.9 Å². The number of hydrogen-bond acceptors (Lipinski definition) is 2. The number of rotatable bonds is 2. The van der Waals surface area contributed by atoms with Gasteiger partial charge in [-0.3, -0.25) is 4.79 Å². The Kier molecular flexibility index (Phi) is 1.94. The molecule has 4 heteroatoms. The van der Waals surface area contributed by atoms with Crippen molar-refractivity contribution in [2.24, 2.45) is 0 Å². The van der Waals surface area contributed by atoms with Crippen molar-refractivity contribution < 1.29 is 14.7 Å². The van der Waals surface area contributed by atoms with Gasteiger partial charge in [0.1, 0.15) is 6.04 Å². The number of carbonyl (C=O) groups is 2. The zero-order valence-electron chi connectivity index (χ0n) is 5.99. The molecule has 4 nitrogen and oxygen atoms in total. The summed E-state index contributed by atoms with van der Waals surface area (Å²) in [6.45, 7) is 3.37. The molecule has 1 fully saturated rings. The molecule has 1 unspecified atom stereocenters. The van der Waals surface area contributed by atoms with E-state index in [1.54, 1.807) is 0 Å². The van der Waals surface area contributed by atoms with E-state index < -0.39 is 12.0 Å². The first-order valence-electron chi connectivity index (χ1n) is 3.33. The predicted octanol–water partition coefficient (Wildman–Crippen LogP) is 0.205. The third kappa shape index (κ3) is 1.24. The molecule has 0 bridgehead atoms. The fourth-order valence-electron chi connectivity index (χ4n) is 1.17. The maximum atomic E-state index is 10.9. The molecule has 1 heterocycles. The van der Waals surface area contributed by atoms with Gasteiger partial charge in [-0.2, -0.15) is 0 Å². The Bertz CT molecular complexity index is 212. The third-order valence-electron chi connectivity index (χ3n) is 1.74. The van der Waals surface area contributed by atoms with Crippen molar-refractivity contribution in [3.05, 3.63) is 12.8 Å². The molecule has 0 radical (unpaired) electrons. The summed E-state index contributed by atoms with van der Waals surface area (Å²) < 4.78 is 0. The normalized spacial score (nSPS) is 23.8.